The molecule has 32 heavy (non-hydrogen) atoms. The van der Waals surface area contributed by atoms with Gasteiger partial charge in [-0.3, -0.25) is 15.1 Å². The van der Waals surface area contributed by atoms with Crippen molar-refractivity contribution in [2.24, 2.45) is 0 Å². The molecule has 2 aromatic heterocycles. The van der Waals surface area contributed by atoms with Gasteiger partial charge in [-0.05, 0) is 54.1 Å². The van der Waals surface area contributed by atoms with E-state index in [1.165, 1.54) is 23.9 Å². The Morgan fingerprint density at radius 1 is 1.09 bits per heavy atom. The molecule has 0 spiro atoms. The van der Waals surface area contributed by atoms with Crippen molar-refractivity contribution >= 4 is 23.4 Å². The van der Waals surface area contributed by atoms with Crippen molar-refractivity contribution in [2.45, 2.75) is 16.8 Å². The Bertz CT molecular complexity index is 1020. The van der Waals surface area contributed by atoms with Gasteiger partial charge in [0.05, 0.1) is 17.5 Å². The highest BCUT2D eigenvalue weighted by Gasteiger charge is 2.31. The minimum absolute atomic E-state index is 0.0637. The molecule has 1 aromatic carbocycles. The summed E-state index contributed by atoms with van der Waals surface area (Å²) in [7, 11) is 0. The molecule has 168 valence electrons. The number of aromatic nitrogens is 2. The van der Waals surface area contributed by atoms with Gasteiger partial charge in [0, 0.05) is 30.8 Å². The number of ether oxygens (including phenoxy) is 1. The van der Waals surface area contributed by atoms with Gasteiger partial charge in [0.15, 0.2) is 0 Å². The highest BCUT2D eigenvalue weighted by molar-refractivity contribution is 7.99. The zero-order valence-corrected chi connectivity index (χ0v) is 17.4. The number of carbonyl (C=O) groups excluding carboxylic acids is 1. The van der Waals surface area contributed by atoms with Gasteiger partial charge in [0.1, 0.15) is 10.8 Å². The first-order valence-corrected chi connectivity index (χ1v) is 10.3. The number of thioether (sulfide) groups is 1. The number of hydrogen-bond acceptors (Lipinski definition) is 7. The smallest absolute Gasteiger partial charge is 0.406 e. The fraction of sp³-hybridized carbons (Fsp3) is 0.190. The van der Waals surface area contributed by atoms with E-state index in [-0.39, 0.29) is 23.3 Å². The Kier molecular flexibility index (Phi) is 8.03. The number of pyridine rings is 2. The highest BCUT2D eigenvalue weighted by atomic mass is 32.2. The molecule has 0 aliphatic heterocycles. The standard InChI is InChI=1S/C21H19F3N4O3S/c22-21(23,24)31-16-5-3-15(4-6-16)28-18(30)17-2-1-9-26-20(17)32-19(27-12-13-29)14-7-10-25-11-8-14/h1-11,19,27,29H,12-13H2,(H,28,30). The third-order valence-electron chi connectivity index (χ3n) is 4.04. The zero-order chi connectivity index (χ0) is 23.0. The van der Waals surface area contributed by atoms with Crippen molar-refractivity contribution in [2.75, 3.05) is 18.5 Å². The molecule has 1 atom stereocenters. The number of anilines is 1. The lowest BCUT2D eigenvalue weighted by molar-refractivity contribution is -0.274. The van der Waals surface area contributed by atoms with Crippen molar-refractivity contribution in [3.05, 3.63) is 78.2 Å². The summed E-state index contributed by atoms with van der Waals surface area (Å²) in [6.45, 7) is 0.270. The normalized spacial score (nSPS) is 12.2. The zero-order valence-electron chi connectivity index (χ0n) is 16.5. The highest BCUT2D eigenvalue weighted by Crippen LogP contribution is 2.34. The molecule has 0 saturated heterocycles. The quantitative estimate of drug-likeness (QED) is 0.325. The molecule has 3 rings (SSSR count). The molecule has 0 fully saturated rings. The van der Waals surface area contributed by atoms with Crippen LogP contribution in [0.1, 0.15) is 21.3 Å². The van der Waals surface area contributed by atoms with E-state index in [9.17, 15) is 23.1 Å². The molecule has 1 unspecified atom stereocenters. The molecule has 0 aliphatic carbocycles. The van der Waals surface area contributed by atoms with Crippen LogP contribution in [0.5, 0.6) is 5.75 Å². The van der Waals surface area contributed by atoms with E-state index < -0.39 is 12.3 Å². The van der Waals surface area contributed by atoms with Crippen LogP contribution >= 0.6 is 11.8 Å². The molecule has 2 heterocycles. The average molecular weight is 464 g/mol. The van der Waals surface area contributed by atoms with Gasteiger partial charge >= 0.3 is 6.36 Å². The molecular formula is C21H19F3N4O3S. The van der Waals surface area contributed by atoms with E-state index in [1.807, 2.05) is 12.1 Å². The maximum absolute atomic E-state index is 12.8. The lowest BCUT2D eigenvalue weighted by Gasteiger charge is -2.19. The van der Waals surface area contributed by atoms with Crippen molar-refractivity contribution in [3.8, 4) is 5.75 Å². The van der Waals surface area contributed by atoms with E-state index in [4.69, 9.17) is 0 Å². The van der Waals surface area contributed by atoms with E-state index in [2.05, 4.69) is 25.3 Å². The Labute approximate surface area is 186 Å². The maximum Gasteiger partial charge on any atom is 0.573 e. The van der Waals surface area contributed by atoms with Crippen LogP contribution in [-0.4, -0.2) is 40.5 Å². The summed E-state index contributed by atoms with van der Waals surface area (Å²) in [4.78, 5) is 21.1. The number of nitrogens with zero attached hydrogens (tertiary/aromatic N) is 2. The molecule has 3 N–H and O–H groups in total. The monoisotopic (exact) mass is 464 g/mol. The van der Waals surface area contributed by atoms with Crippen molar-refractivity contribution < 1.29 is 27.8 Å². The van der Waals surface area contributed by atoms with Crippen LogP contribution in [0, 0.1) is 0 Å². The molecule has 0 aliphatic rings. The number of alkyl halides is 3. The van der Waals surface area contributed by atoms with E-state index in [0.29, 0.717) is 17.3 Å². The Morgan fingerprint density at radius 3 is 2.47 bits per heavy atom. The summed E-state index contributed by atoms with van der Waals surface area (Å²) in [5.41, 5.74) is 1.47. The summed E-state index contributed by atoms with van der Waals surface area (Å²) in [6, 6.07) is 11.7. The topological polar surface area (TPSA) is 96.4 Å². The number of amides is 1. The second-order valence-corrected chi connectivity index (χ2v) is 7.43. The SMILES string of the molecule is O=C(Nc1ccc(OC(F)(F)F)cc1)c1cccnc1SC(NCCO)c1ccncc1. The van der Waals surface area contributed by atoms with Crippen molar-refractivity contribution in [1.29, 1.82) is 0 Å². The van der Waals surface area contributed by atoms with Gasteiger partial charge in [0.25, 0.3) is 5.91 Å². The Hall–Kier alpha value is -3.15. The number of benzene rings is 1. The predicted molar refractivity (Wildman–Crippen MR) is 113 cm³/mol. The fourth-order valence-corrected chi connectivity index (χ4v) is 3.80. The maximum atomic E-state index is 12.8. The van der Waals surface area contributed by atoms with Crippen molar-refractivity contribution in [3.63, 3.8) is 0 Å². The number of nitrogens with one attached hydrogen (secondary N) is 2. The first kappa shape index (κ1) is 23.5. The van der Waals surface area contributed by atoms with Crippen molar-refractivity contribution in [1.82, 2.24) is 15.3 Å². The lowest BCUT2D eigenvalue weighted by atomic mass is 10.2. The fourth-order valence-electron chi connectivity index (χ4n) is 2.67. The number of aliphatic hydroxyl groups is 1. The number of hydrogen-bond donors (Lipinski definition) is 3. The summed E-state index contributed by atoms with van der Waals surface area (Å²) in [5.74, 6) is -0.857. The minimum atomic E-state index is -4.79. The number of carbonyl (C=O) groups is 1. The average Bonchev–Trinajstić information content (AvgIpc) is 2.78. The third kappa shape index (κ3) is 6.94. The number of halogens is 3. The van der Waals surface area contributed by atoms with E-state index in [1.54, 1.807) is 30.7 Å². The van der Waals surface area contributed by atoms with Crippen LogP contribution in [-0.2, 0) is 0 Å². The van der Waals surface area contributed by atoms with Crippen LogP contribution in [0.3, 0.4) is 0 Å². The molecule has 3 aromatic rings. The van der Waals surface area contributed by atoms with Crippen LogP contribution in [0.2, 0.25) is 0 Å². The molecule has 11 heteroatoms. The van der Waals surface area contributed by atoms with Gasteiger partial charge in [-0.15, -0.1) is 13.2 Å². The predicted octanol–water partition coefficient (Wildman–Crippen LogP) is 4.00. The Balaban J connectivity index is 1.75. The molecule has 1 amide bonds. The van der Waals surface area contributed by atoms with Crippen LogP contribution in [0.4, 0.5) is 18.9 Å². The lowest BCUT2D eigenvalue weighted by Crippen LogP contribution is -2.23. The third-order valence-corrected chi connectivity index (χ3v) is 5.26. The first-order chi connectivity index (χ1) is 15.4. The van der Waals surface area contributed by atoms with Crippen LogP contribution in [0.25, 0.3) is 0 Å². The van der Waals surface area contributed by atoms with Gasteiger partial charge in [-0.2, -0.15) is 0 Å². The van der Waals surface area contributed by atoms with E-state index in [0.717, 1.165) is 17.7 Å². The largest absolute Gasteiger partial charge is 0.573 e. The molecular weight excluding hydrogens is 445 g/mol. The second kappa shape index (κ2) is 10.9. The van der Waals surface area contributed by atoms with Crippen LogP contribution in [0.15, 0.2) is 72.1 Å². The second-order valence-electron chi connectivity index (χ2n) is 6.34. The van der Waals surface area contributed by atoms with Gasteiger partial charge in [0.2, 0.25) is 0 Å². The Morgan fingerprint density at radius 2 is 1.81 bits per heavy atom. The first-order valence-electron chi connectivity index (χ1n) is 9.39. The van der Waals surface area contributed by atoms with E-state index >= 15 is 0 Å². The van der Waals surface area contributed by atoms with Gasteiger partial charge < -0.3 is 15.2 Å². The number of rotatable bonds is 9. The minimum Gasteiger partial charge on any atom is -0.406 e. The molecule has 0 bridgehead atoms. The molecule has 0 saturated carbocycles. The van der Waals surface area contributed by atoms with Gasteiger partial charge in [-0.25, -0.2) is 4.98 Å². The molecule has 7 nitrogen and oxygen atoms in total. The van der Waals surface area contributed by atoms with Crippen LogP contribution < -0.4 is 15.4 Å². The summed E-state index contributed by atoms with van der Waals surface area (Å²) in [6.07, 6.45) is 0.0451. The van der Waals surface area contributed by atoms with Gasteiger partial charge in [-0.1, -0.05) is 11.8 Å². The summed E-state index contributed by atoms with van der Waals surface area (Å²) < 4.78 is 40.7. The summed E-state index contributed by atoms with van der Waals surface area (Å²) in [5, 5.41) is 15.1. The summed E-state index contributed by atoms with van der Waals surface area (Å²) >= 11 is 1.29. The number of aliphatic hydroxyl groups excluding tert-OH is 1. The molecule has 0 radical (unpaired) electrons.